The Kier molecular flexibility index (Phi) is 6.65. The number of anilines is 1. The summed E-state index contributed by atoms with van der Waals surface area (Å²) in [6, 6.07) is 11.6. The molecule has 1 amide bonds. The third-order valence-electron chi connectivity index (χ3n) is 5.51. The Labute approximate surface area is 202 Å². The molecule has 0 radical (unpaired) electrons. The average Bonchev–Trinajstić information content (AvgIpc) is 3.23. The topological polar surface area (TPSA) is 101 Å². The van der Waals surface area contributed by atoms with Crippen molar-refractivity contribution < 1.29 is 31.8 Å². The second kappa shape index (κ2) is 9.68. The van der Waals surface area contributed by atoms with Crippen LogP contribution in [0.3, 0.4) is 0 Å². The summed E-state index contributed by atoms with van der Waals surface area (Å²) in [5.41, 5.74) is 8.10. The molecule has 36 heavy (non-hydrogen) atoms. The van der Waals surface area contributed by atoms with Crippen LogP contribution in [0.15, 0.2) is 59.7 Å². The Morgan fingerprint density at radius 2 is 1.94 bits per heavy atom. The molecule has 184 valence electrons. The first-order valence-electron chi connectivity index (χ1n) is 10.8. The molecule has 1 aliphatic rings. The van der Waals surface area contributed by atoms with E-state index in [2.05, 4.69) is 15.4 Å². The number of nitrogens with zero attached hydrogens (tertiary/aromatic N) is 3. The van der Waals surface area contributed by atoms with E-state index >= 15 is 0 Å². The highest BCUT2D eigenvalue weighted by molar-refractivity contribution is 6.06. The molecule has 2 heterocycles. The lowest BCUT2D eigenvalue weighted by molar-refractivity contribution is -0.657. The number of carbonyl (C=O) groups excluding carboxylic acids is 2. The number of carbonyl (C=O) groups is 2. The minimum Gasteiger partial charge on any atom is -0.378 e. The van der Waals surface area contributed by atoms with Crippen LogP contribution in [0.25, 0.3) is 11.3 Å². The maximum absolute atomic E-state index is 13.8. The van der Waals surface area contributed by atoms with E-state index in [1.807, 2.05) is 0 Å². The highest BCUT2D eigenvalue weighted by Gasteiger charge is 2.29. The van der Waals surface area contributed by atoms with Crippen LogP contribution in [0, 0.1) is 12.7 Å². The molecule has 0 saturated heterocycles. The van der Waals surface area contributed by atoms with Gasteiger partial charge in [0.1, 0.15) is 16.9 Å². The van der Waals surface area contributed by atoms with Gasteiger partial charge in [0.15, 0.2) is 12.5 Å². The van der Waals surface area contributed by atoms with Crippen molar-refractivity contribution in [2.24, 2.45) is 10.7 Å². The maximum Gasteiger partial charge on any atom is 0.390 e. The molecule has 0 atom stereocenters. The third-order valence-corrected chi connectivity index (χ3v) is 5.51. The fourth-order valence-electron chi connectivity index (χ4n) is 3.80. The van der Waals surface area contributed by atoms with Gasteiger partial charge in [0.2, 0.25) is 11.6 Å². The first-order chi connectivity index (χ1) is 17.1. The predicted molar refractivity (Wildman–Crippen MR) is 122 cm³/mol. The van der Waals surface area contributed by atoms with Gasteiger partial charge in [-0.1, -0.05) is 21.9 Å². The Balaban J connectivity index is 1.89. The molecule has 0 unspecified atom stereocenters. The average molecular weight is 498 g/mol. The number of hydrogen-bond donors (Lipinski definition) is 2. The summed E-state index contributed by atoms with van der Waals surface area (Å²) in [4.78, 5) is 27.9. The van der Waals surface area contributed by atoms with Gasteiger partial charge < -0.3 is 11.1 Å². The van der Waals surface area contributed by atoms with E-state index in [0.717, 1.165) is 6.07 Å². The van der Waals surface area contributed by atoms with Crippen molar-refractivity contribution in [3.05, 3.63) is 93.6 Å². The van der Waals surface area contributed by atoms with Gasteiger partial charge in [-0.15, -0.1) is 0 Å². The highest BCUT2D eigenvalue weighted by atomic mass is 19.4. The first-order valence-corrected chi connectivity index (χ1v) is 10.8. The molecule has 0 fully saturated rings. The van der Waals surface area contributed by atoms with Crippen LogP contribution < -0.4 is 26.6 Å². The minimum absolute atomic E-state index is 0.0372. The summed E-state index contributed by atoms with van der Waals surface area (Å²) in [5, 5.41) is 7.32. The van der Waals surface area contributed by atoms with Gasteiger partial charge in [0.25, 0.3) is 0 Å². The molecule has 1 aliphatic heterocycles. The van der Waals surface area contributed by atoms with E-state index in [0.29, 0.717) is 28.7 Å². The number of nitrogens with one attached hydrogen (secondary N) is 1. The van der Waals surface area contributed by atoms with Crippen LogP contribution in [0.2, 0.25) is 0 Å². The van der Waals surface area contributed by atoms with Crippen molar-refractivity contribution in [1.29, 1.82) is 0 Å². The predicted octanol–water partition coefficient (Wildman–Crippen LogP) is 2.16. The fraction of sp³-hybridized carbons (Fsp3) is 0.160. The number of fused-ring (bicyclic) bond motifs is 1. The maximum atomic E-state index is 13.8. The summed E-state index contributed by atoms with van der Waals surface area (Å²) in [6.07, 6.45) is -3.49. The highest BCUT2D eigenvalue weighted by Crippen LogP contribution is 2.20. The lowest BCUT2D eigenvalue weighted by atomic mass is 10.0. The van der Waals surface area contributed by atoms with Gasteiger partial charge in [-0.05, 0) is 53.4 Å². The molecule has 0 saturated carbocycles. The summed E-state index contributed by atoms with van der Waals surface area (Å²) in [6.45, 7) is 1.27. The zero-order chi connectivity index (χ0) is 26.0. The van der Waals surface area contributed by atoms with E-state index in [1.54, 1.807) is 25.1 Å². The summed E-state index contributed by atoms with van der Waals surface area (Å²) in [7, 11) is 0. The monoisotopic (exact) mass is 498 g/mol. The number of alkyl halides is 3. The van der Waals surface area contributed by atoms with Crippen molar-refractivity contribution in [1.82, 2.24) is 5.10 Å². The quantitative estimate of drug-likeness (QED) is 0.296. The molecule has 11 heteroatoms. The van der Waals surface area contributed by atoms with Gasteiger partial charge in [0.05, 0.1) is 12.0 Å². The van der Waals surface area contributed by atoms with E-state index in [-0.39, 0.29) is 27.7 Å². The number of aromatic nitrogens is 2. The molecular weight excluding hydrogens is 478 g/mol. The standard InChI is InChI=1S/C25H19F4N5O2/c1-14-9-16(5-6-18(14)23(30)36)22-12-32-24-21(31-8-7-25(27,28)29)11-20(33-34(22)24)19(13-35)15-3-2-4-17(26)10-15/h2-6,9-13H,7-8H2,1H3,(H2-,30,31,35,36)/p+1. The summed E-state index contributed by atoms with van der Waals surface area (Å²) >= 11 is 0. The van der Waals surface area contributed by atoms with Crippen molar-refractivity contribution in [3.63, 3.8) is 0 Å². The summed E-state index contributed by atoms with van der Waals surface area (Å²) in [5.74, 6) is -1.15. The van der Waals surface area contributed by atoms with Crippen molar-refractivity contribution in [2.45, 2.75) is 19.5 Å². The van der Waals surface area contributed by atoms with Crippen LogP contribution in [-0.4, -0.2) is 30.0 Å². The molecule has 7 nitrogen and oxygen atoms in total. The van der Waals surface area contributed by atoms with Gasteiger partial charge in [-0.2, -0.15) is 13.2 Å². The van der Waals surface area contributed by atoms with Crippen LogP contribution in [-0.2, 0) is 4.79 Å². The van der Waals surface area contributed by atoms with Gasteiger partial charge in [-0.25, -0.2) is 4.39 Å². The number of amides is 1. The van der Waals surface area contributed by atoms with E-state index in [4.69, 9.17) is 5.73 Å². The molecule has 3 N–H and O–H groups in total. The number of nitrogens with two attached hydrogens (primary N) is 1. The molecular formula is C25H20F4N5O2+. The second-order valence-corrected chi connectivity index (χ2v) is 8.05. The molecule has 0 bridgehead atoms. The van der Waals surface area contributed by atoms with Crippen LogP contribution in [0.5, 0.6) is 0 Å². The molecule has 3 aromatic rings. The smallest absolute Gasteiger partial charge is 0.378 e. The number of aryl methyl sites for hydroxylation is 1. The number of rotatable bonds is 7. The Morgan fingerprint density at radius 3 is 2.58 bits per heavy atom. The molecule has 0 aliphatic carbocycles. The van der Waals surface area contributed by atoms with Crippen molar-refractivity contribution >= 4 is 29.2 Å². The number of primary amides is 1. The lowest BCUT2D eigenvalue weighted by Crippen LogP contribution is -2.55. The first kappa shape index (κ1) is 24.7. The van der Waals surface area contributed by atoms with Gasteiger partial charge in [-0.3, -0.25) is 9.59 Å². The molecule has 1 aromatic heterocycles. The second-order valence-electron chi connectivity index (χ2n) is 8.05. The Hall–Kier alpha value is -4.41. The Morgan fingerprint density at radius 1 is 1.17 bits per heavy atom. The Bertz CT molecular complexity index is 1530. The lowest BCUT2D eigenvalue weighted by Gasteiger charge is -2.09. The molecule has 2 aromatic carbocycles. The molecule has 0 spiro atoms. The number of halogens is 4. The zero-order valence-corrected chi connectivity index (χ0v) is 18.9. The number of hydrogen-bond acceptors (Lipinski definition) is 5. The largest absolute Gasteiger partial charge is 0.390 e. The van der Waals surface area contributed by atoms with Crippen LogP contribution in [0.4, 0.5) is 23.2 Å². The zero-order valence-electron chi connectivity index (χ0n) is 18.9. The van der Waals surface area contributed by atoms with Gasteiger partial charge >= 0.3 is 11.7 Å². The van der Waals surface area contributed by atoms with Gasteiger partial charge in [0, 0.05) is 23.7 Å². The summed E-state index contributed by atoms with van der Waals surface area (Å²) < 4.78 is 53.5. The van der Waals surface area contributed by atoms with E-state index < -0.39 is 30.9 Å². The number of benzene rings is 2. The number of aldehydes is 1. The van der Waals surface area contributed by atoms with Crippen molar-refractivity contribution in [2.75, 3.05) is 11.9 Å². The van der Waals surface area contributed by atoms with Crippen LogP contribution >= 0.6 is 0 Å². The third kappa shape index (κ3) is 5.14. The minimum atomic E-state index is -4.37. The van der Waals surface area contributed by atoms with Crippen molar-refractivity contribution in [3.8, 4) is 0 Å². The van der Waals surface area contributed by atoms with E-state index in [1.165, 1.54) is 35.1 Å². The van der Waals surface area contributed by atoms with E-state index in [9.17, 15) is 27.2 Å². The van der Waals surface area contributed by atoms with Crippen LogP contribution in [0.1, 0.15) is 33.5 Å². The fourth-order valence-corrected chi connectivity index (χ4v) is 3.80. The SMILES string of the molecule is Cc1cc(C2=CN=c3c(NCCC(F)(F)F)cc(=C(C=O)c4cccc(F)c4)n[n+]32)ccc1C(N)=O. The molecule has 4 rings (SSSR count). The normalized spacial score (nSPS) is 13.4.